The van der Waals surface area contributed by atoms with Gasteiger partial charge in [-0.15, -0.1) is 0 Å². The minimum Gasteiger partial charge on any atom is -0.309 e. The van der Waals surface area contributed by atoms with Crippen molar-refractivity contribution in [2.24, 2.45) is 0 Å². The number of benzene rings is 1. The van der Waals surface area contributed by atoms with Crippen molar-refractivity contribution >= 4 is 7.60 Å². The third-order valence-electron chi connectivity index (χ3n) is 2.85. The Morgan fingerprint density at radius 1 is 1.05 bits per heavy atom. The number of rotatable bonds is 9. The molecule has 0 spiro atoms. The van der Waals surface area contributed by atoms with Crippen LogP contribution in [0.2, 0.25) is 0 Å². The summed E-state index contributed by atoms with van der Waals surface area (Å²) in [4.78, 5) is 0. The van der Waals surface area contributed by atoms with Crippen molar-refractivity contribution in [3.63, 3.8) is 0 Å². The Morgan fingerprint density at radius 3 is 2.05 bits per heavy atom. The molecule has 0 fully saturated rings. The monoisotopic (exact) mass is 284 g/mol. The van der Waals surface area contributed by atoms with Crippen LogP contribution < -0.4 is 0 Å². The highest BCUT2D eigenvalue weighted by molar-refractivity contribution is 7.53. The standard InChI is InChI=1S/C15H25O3P/c1-4-11-17-19(16,18-12-5-2)13-14(3)15-9-7-6-8-10-15/h6-10,14H,4-5,11-13H2,1-3H3. The Hall–Kier alpha value is -0.630. The van der Waals surface area contributed by atoms with E-state index >= 15 is 0 Å². The van der Waals surface area contributed by atoms with Gasteiger partial charge in [0.25, 0.3) is 0 Å². The Bertz CT molecular complexity index is 380. The van der Waals surface area contributed by atoms with Crippen molar-refractivity contribution in [1.82, 2.24) is 0 Å². The highest BCUT2D eigenvalue weighted by Gasteiger charge is 2.27. The van der Waals surface area contributed by atoms with Crippen LogP contribution in [-0.4, -0.2) is 19.4 Å². The zero-order valence-electron chi connectivity index (χ0n) is 12.2. The molecule has 0 heterocycles. The van der Waals surface area contributed by atoms with Gasteiger partial charge in [0, 0.05) is 0 Å². The first-order valence-electron chi connectivity index (χ1n) is 7.04. The molecule has 0 amide bonds. The molecule has 0 aliphatic rings. The third kappa shape index (κ3) is 5.90. The summed E-state index contributed by atoms with van der Waals surface area (Å²) in [7, 11) is -2.97. The SMILES string of the molecule is CCCOP(=O)(CC(C)c1ccccc1)OCCC. The van der Waals surface area contributed by atoms with E-state index in [1.54, 1.807) is 0 Å². The molecular formula is C15H25O3P. The van der Waals surface area contributed by atoms with E-state index in [0.717, 1.165) is 12.8 Å². The van der Waals surface area contributed by atoms with Crippen LogP contribution in [0.25, 0.3) is 0 Å². The summed E-state index contributed by atoms with van der Waals surface area (Å²) in [5.41, 5.74) is 1.17. The van der Waals surface area contributed by atoms with Gasteiger partial charge in [-0.05, 0) is 24.3 Å². The smallest absolute Gasteiger partial charge is 0.309 e. The average molecular weight is 284 g/mol. The van der Waals surface area contributed by atoms with Crippen LogP contribution in [-0.2, 0) is 13.6 Å². The largest absolute Gasteiger partial charge is 0.331 e. The lowest BCUT2D eigenvalue weighted by Gasteiger charge is -2.21. The van der Waals surface area contributed by atoms with Crippen molar-refractivity contribution in [2.75, 3.05) is 19.4 Å². The molecule has 1 aromatic rings. The molecule has 0 bridgehead atoms. The molecule has 0 radical (unpaired) electrons. The molecule has 0 saturated heterocycles. The maximum absolute atomic E-state index is 12.7. The molecule has 19 heavy (non-hydrogen) atoms. The Morgan fingerprint density at radius 2 is 1.58 bits per heavy atom. The minimum atomic E-state index is -2.97. The van der Waals surface area contributed by atoms with Gasteiger partial charge in [0.1, 0.15) is 0 Å². The molecule has 4 heteroatoms. The maximum atomic E-state index is 12.7. The molecule has 0 aromatic heterocycles. The predicted octanol–water partition coefficient (Wildman–Crippen LogP) is 4.84. The van der Waals surface area contributed by atoms with Crippen LogP contribution in [0.1, 0.15) is 45.1 Å². The van der Waals surface area contributed by atoms with Gasteiger partial charge in [-0.25, -0.2) is 0 Å². The summed E-state index contributed by atoms with van der Waals surface area (Å²) in [6, 6.07) is 10.1. The average Bonchev–Trinajstić information content (AvgIpc) is 2.44. The minimum absolute atomic E-state index is 0.167. The van der Waals surface area contributed by atoms with Gasteiger partial charge in [0.15, 0.2) is 0 Å². The van der Waals surface area contributed by atoms with Crippen LogP contribution in [0.5, 0.6) is 0 Å². The van der Waals surface area contributed by atoms with E-state index in [1.165, 1.54) is 5.56 Å². The fourth-order valence-corrected chi connectivity index (χ4v) is 3.91. The quantitative estimate of drug-likeness (QED) is 0.609. The van der Waals surface area contributed by atoms with E-state index in [1.807, 2.05) is 32.0 Å². The van der Waals surface area contributed by atoms with Crippen molar-refractivity contribution in [3.8, 4) is 0 Å². The Balaban J connectivity index is 2.68. The van der Waals surface area contributed by atoms with Crippen molar-refractivity contribution < 1.29 is 13.6 Å². The molecule has 0 saturated carbocycles. The summed E-state index contributed by atoms with van der Waals surface area (Å²) in [6.45, 7) is 7.05. The fraction of sp³-hybridized carbons (Fsp3) is 0.600. The second-order valence-corrected chi connectivity index (χ2v) is 6.88. The lowest BCUT2D eigenvalue weighted by Crippen LogP contribution is -2.07. The second kappa shape index (κ2) is 8.52. The normalized spacial score (nSPS) is 13.4. The summed E-state index contributed by atoms with van der Waals surface area (Å²) in [5, 5.41) is 0. The summed E-state index contributed by atoms with van der Waals surface area (Å²) in [6.07, 6.45) is 2.13. The Kier molecular flexibility index (Phi) is 7.37. The van der Waals surface area contributed by atoms with E-state index in [9.17, 15) is 4.57 Å². The van der Waals surface area contributed by atoms with Gasteiger partial charge in [-0.3, -0.25) is 4.57 Å². The van der Waals surface area contributed by atoms with Gasteiger partial charge in [0.2, 0.25) is 0 Å². The van der Waals surface area contributed by atoms with E-state index < -0.39 is 7.60 Å². The van der Waals surface area contributed by atoms with Gasteiger partial charge in [-0.1, -0.05) is 51.1 Å². The first-order valence-corrected chi connectivity index (χ1v) is 8.77. The van der Waals surface area contributed by atoms with E-state index in [4.69, 9.17) is 9.05 Å². The first kappa shape index (κ1) is 16.4. The lowest BCUT2D eigenvalue weighted by molar-refractivity contribution is 0.203. The molecule has 0 aliphatic carbocycles. The van der Waals surface area contributed by atoms with Crippen LogP contribution in [0.15, 0.2) is 30.3 Å². The van der Waals surface area contributed by atoms with Gasteiger partial charge in [0.05, 0.1) is 19.4 Å². The molecule has 108 valence electrons. The maximum Gasteiger partial charge on any atom is 0.331 e. The third-order valence-corrected chi connectivity index (χ3v) is 5.00. The molecule has 1 aromatic carbocycles. The zero-order chi connectivity index (χ0) is 14.1. The van der Waals surface area contributed by atoms with Gasteiger partial charge in [-0.2, -0.15) is 0 Å². The van der Waals surface area contributed by atoms with E-state index in [2.05, 4.69) is 19.1 Å². The zero-order valence-corrected chi connectivity index (χ0v) is 13.1. The molecule has 3 nitrogen and oxygen atoms in total. The summed E-state index contributed by atoms with van der Waals surface area (Å²) < 4.78 is 23.7. The molecule has 1 atom stereocenters. The lowest BCUT2D eigenvalue weighted by atomic mass is 10.0. The highest BCUT2D eigenvalue weighted by Crippen LogP contribution is 2.51. The number of hydrogen-bond donors (Lipinski definition) is 0. The van der Waals surface area contributed by atoms with Crippen LogP contribution >= 0.6 is 7.60 Å². The summed E-state index contributed by atoms with van der Waals surface area (Å²) in [5.74, 6) is 0.167. The summed E-state index contributed by atoms with van der Waals surface area (Å²) >= 11 is 0. The predicted molar refractivity (Wildman–Crippen MR) is 79.8 cm³/mol. The number of hydrogen-bond acceptors (Lipinski definition) is 3. The van der Waals surface area contributed by atoms with E-state index in [0.29, 0.717) is 19.4 Å². The van der Waals surface area contributed by atoms with Crippen LogP contribution in [0.3, 0.4) is 0 Å². The van der Waals surface area contributed by atoms with Gasteiger partial charge >= 0.3 is 7.60 Å². The Labute approximate surface area is 116 Å². The second-order valence-electron chi connectivity index (χ2n) is 4.77. The van der Waals surface area contributed by atoms with E-state index in [-0.39, 0.29) is 5.92 Å². The fourth-order valence-electron chi connectivity index (χ4n) is 1.83. The highest BCUT2D eigenvalue weighted by atomic mass is 31.2. The first-order chi connectivity index (χ1) is 9.11. The van der Waals surface area contributed by atoms with Crippen molar-refractivity contribution in [2.45, 2.75) is 39.5 Å². The molecule has 1 unspecified atom stereocenters. The molecule has 0 N–H and O–H groups in total. The van der Waals surface area contributed by atoms with Crippen molar-refractivity contribution in [1.29, 1.82) is 0 Å². The van der Waals surface area contributed by atoms with Crippen LogP contribution in [0.4, 0.5) is 0 Å². The van der Waals surface area contributed by atoms with Crippen LogP contribution in [0, 0.1) is 0 Å². The topological polar surface area (TPSA) is 35.5 Å². The molecular weight excluding hydrogens is 259 g/mol. The van der Waals surface area contributed by atoms with Crippen molar-refractivity contribution in [3.05, 3.63) is 35.9 Å². The molecule has 1 rings (SSSR count). The van der Waals surface area contributed by atoms with Gasteiger partial charge < -0.3 is 9.05 Å². The molecule has 0 aliphatic heterocycles.